The summed E-state index contributed by atoms with van der Waals surface area (Å²) in [6.45, 7) is 3.63. The number of ether oxygens (including phenoxy) is 2. The topological polar surface area (TPSA) is 119 Å². The van der Waals surface area contributed by atoms with E-state index in [2.05, 4.69) is 30.5 Å². The van der Waals surface area contributed by atoms with Crippen molar-refractivity contribution in [1.29, 1.82) is 0 Å². The first-order valence-electron chi connectivity index (χ1n) is 17.0. The normalized spacial score (nSPS) is 12.6. The second kappa shape index (κ2) is 29.8. The first-order valence-corrected chi connectivity index (χ1v) is 18.5. The third-order valence-corrected chi connectivity index (χ3v) is 7.77. The van der Waals surface area contributed by atoms with Gasteiger partial charge < -0.3 is 19.3 Å². The number of allylic oxidation sites excluding steroid dienone is 2. The summed E-state index contributed by atoms with van der Waals surface area (Å²) < 4.78 is 26.2. The van der Waals surface area contributed by atoms with Crippen LogP contribution in [0, 0.1) is 0 Å². The SMILES string of the molecule is CCCCC/C=C/CCCCCCCC(=O)OC[C@H](COP(=O)(O)O)OC(=O)CCCCCCCCCCCCCC. The van der Waals surface area contributed by atoms with Gasteiger partial charge in [0.2, 0.25) is 0 Å². The summed E-state index contributed by atoms with van der Waals surface area (Å²) in [6, 6.07) is 0. The van der Waals surface area contributed by atoms with Crippen LogP contribution in [0.5, 0.6) is 0 Å². The van der Waals surface area contributed by atoms with Gasteiger partial charge >= 0.3 is 19.8 Å². The van der Waals surface area contributed by atoms with Crippen LogP contribution in [0.1, 0.15) is 168 Å². The summed E-state index contributed by atoms with van der Waals surface area (Å²) in [5.74, 6) is -0.892. The Labute approximate surface area is 257 Å². The number of esters is 2. The molecule has 8 nitrogen and oxygen atoms in total. The highest BCUT2D eigenvalue weighted by molar-refractivity contribution is 7.46. The zero-order chi connectivity index (χ0) is 31.2. The van der Waals surface area contributed by atoms with Gasteiger partial charge in [0.15, 0.2) is 6.10 Å². The molecular formula is C33H63O8P. The van der Waals surface area contributed by atoms with E-state index >= 15 is 0 Å². The minimum absolute atomic E-state index is 0.215. The van der Waals surface area contributed by atoms with E-state index in [0.29, 0.717) is 12.8 Å². The number of carbonyl (C=O) groups is 2. The Hall–Kier alpha value is -1.21. The fourth-order valence-electron chi connectivity index (χ4n) is 4.72. The fourth-order valence-corrected chi connectivity index (χ4v) is 5.08. The molecule has 0 aromatic heterocycles. The van der Waals surface area contributed by atoms with Gasteiger partial charge in [0.1, 0.15) is 6.61 Å². The van der Waals surface area contributed by atoms with Gasteiger partial charge in [0.05, 0.1) is 6.61 Å². The quantitative estimate of drug-likeness (QED) is 0.0341. The Balaban J connectivity index is 4.01. The van der Waals surface area contributed by atoms with E-state index in [-0.39, 0.29) is 19.4 Å². The first kappa shape index (κ1) is 40.8. The van der Waals surface area contributed by atoms with Crippen LogP contribution in [-0.2, 0) is 28.2 Å². The van der Waals surface area contributed by atoms with Crippen LogP contribution >= 0.6 is 7.82 Å². The molecule has 0 amide bonds. The predicted octanol–water partition coefficient (Wildman–Crippen LogP) is 9.51. The zero-order valence-corrected chi connectivity index (χ0v) is 27.8. The van der Waals surface area contributed by atoms with Crippen LogP contribution in [0.3, 0.4) is 0 Å². The molecule has 0 spiro atoms. The molecule has 0 saturated heterocycles. The van der Waals surface area contributed by atoms with Crippen LogP contribution in [0.2, 0.25) is 0 Å². The van der Waals surface area contributed by atoms with Crippen LogP contribution in [-0.4, -0.2) is 41.0 Å². The predicted molar refractivity (Wildman–Crippen MR) is 170 cm³/mol. The van der Waals surface area contributed by atoms with E-state index in [1.165, 1.54) is 77.0 Å². The average Bonchev–Trinajstić information content (AvgIpc) is 2.95. The molecule has 0 unspecified atom stereocenters. The van der Waals surface area contributed by atoms with Crippen molar-refractivity contribution < 1.29 is 37.9 Å². The molecule has 248 valence electrons. The average molecular weight is 619 g/mol. The molecule has 0 aliphatic carbocycles. The third-order valence-electron chi connectivity index (χ3n) is 7.28. The summed E-state index contributed by atoms with van der Waals surface area (Å²) in [5.41, 5.74) is 0. The van der Waals surface area contributed by atoms with Crippen molar-refractivity contribution in [3.05, 3.63) is 12.2 Å². The second-order valence-electron chi connectivity index (χ2n) is 11.5. The van der Waals surface area contributed by atoms with Gasteiger partial charge in [0, 0.05) is 12.8 Å². The Morgan fingerprint density at radius 1 is 0.595 bits per heavy atom. The molecule has 0 heterocycles. The van der Waals surface area contributed by atoms with Crippen molar-refractivity contribution >= 4 is 19.8 Å². The summed E-state index contributed by atoms with van der Waals surface area (Å²) >= 11 is 0. The molecule has 0 aromatic carbocycles. The maximum atomic E-state index is 12.3. The van der Waals surface area contributed by atoms with Gasteiger partial charge in [-0.1, -0.05) is 129 Å². The smallest absolute Gasteiger partial charge is 0.462 e. The number of hydrogen-bond donors (Lipinski definition) is 2. The maximum Gasteiger partial charge on any atom is 0.469 e. The molecule has 0 rings (SSSR count). The maximum absolute atomic E-state index is 12.3. The van der Waals surface area contributed by atoms with Gasteiger partial charge in [-0.3, -0.25) is 14.1 Å². The van der Waals surface area contributed by atoms with Gasteiger partial charge in [-0.05, 0) is 38.5 Å². The molecule has 0 aromatic rings. The molecule has 9 heteroatoms. The number of unbranched alkanes of at least 4 members (excludes halogenated alkanes) is 19. The van der Waals surface area contributed by atoms with Gasteiger partial charge in [-0.2, -0.15) is 0 Å². The van der Waals surface area contributed by atoms with E-state index in [0.717, 1.165) is 51.4 Å². The monoisotopic (exact) mass is 618 g/mol. The molecule has 1 atom stereocenters. The Bertz CT molecular complexity index is 706. The number of rotatable bonds is 31. The Morgan fingerprint density at radius 3 is 1.50 bits per heavy atom. The zero-order valence-electron chi connectivity index (χ0n) is 26.9. The minimum atomic E-state index is -4.74. The number of carbonyl (C=O) groups excluding carboxylic acids is 2. The lowest BCUT2D eigenvalue weighted by molar-refractivity contribution is -0.161. The highest BCUT2D eigenvalue weighted by atomic mass is 31.2. The fraction of sp³-hybridized carbons (Fsp3) is 0.879. The highest BCUT2D eigenvalue weighted by Gasteiger charge is 2.22. The van der Waals surface area contributed by atoms with Crippen molar-refractivity contribution in [3.8, 4) is 0 Å². The summed E-state index contributed by atoms with van der Waals surface area (Å²) in [4.78, 5) is 42.5. The lowest BCUT2D eigenvalue weighted by Crippen LogP contribution is -2.29. The minimum Gasteiger partial charge on any atom is -0.462 e. The van der Waals surface area contributed by atoms with Crippen LogP contribution in [0.25, 0.3) is 0 Å². The van der Waals surface area contributed by atoms with Crippen LogP contribution in [0.4, 0.5) is 0 Å². The van der Waals surface area contributed by atoms with Crippen molar-refractivity contribution in [1.82, 2.24) is 0 Å². The van der Waals surface area contributed by atoms with E-state index in [9.17, 15) is 14.2 Å². The summed E-state index contributed by atoms with van der Waals surface area (Å²) in [5, 5.41) is 0. The second-order valence-corrected chi connectivity index (χ2v) is 12.7. The van der Waals surface area contributed by atoms with Crippen molar-refractivity contribution in [2.24, 2.45) is 0 Å². The Kier molecular flexibility index (Phi) is 29.0. The lowest BCUT2D eigenvalue weighted by atomic mass is 10.0. The molecule has 42 heavy (non-hydrogen) atoms. The molecular weight excluding hydrogens is 555 g/mol. The number of hydrogen-bond acceptors (Lipinski definition) is 6. The third kappa shape index (κ3) is 31.7. The van der Waals surface area contributed by atoms with E-state index in [4.69, 9.17) is 19.3 Å². The van der Waals surface area contributed by atoms with Crippen molar-refractivity contribution in [3.63, 3.8) is 0 Å². The largest absolute Gasteiger partial charge is 0.469 e. The molecule has 0 radical (unpaired) electrons. The number of phosphoric ester groups is 1. The van der Waals surface area contributed by atoms with Crippen LogP contribution < -0.4 is 0 Å². The Morgan fingerprint density at radius 2 is 1.00 bits per heavy atom. The van der Waals surface area contributed by atoms with Gasteiger partial charge in [-0.15, -0.1) is 0 Å². The molecule has 0 saturated carbocycles. The highest BCUT2D eigenvalue weighted by Crippen LogP contribution is 2.36. The van der Waals surface area contributed by atoms with E-state index < -0.39 is 32.5 Å². The molecule has 2 N–H and O–H groups in total. The van der Waals surface area contributed by atoms with Gasteiger partial charge in [-0.25, -0.2) is 4.57 Å². The molecule has 0 aliphatic rings. The summed E-state index contributed by atoms with van der Waals surface area (Å²) in [6.07, 6.45) is 29.3. The van der Waals surface area contributed by atoms with Crippen LogP contribution in [0.15, 0.2) is 12.2 Å². The van der Waals surface area contributed by atoms with Gasteiger partial charge in [0.25, 0.3) is 0 Å². The molecule has 0 aliphatic heterocycles. The standard InChI is InChI=1S/C33H63O8P/c1-3-5-7-9-11-13-15-17-19-21-23-25-27-32(34)39-29-31(30-40-42(36,37)38)41-33(35)28-26-24-22-20-18-16-14-12-10-8-6-4-2/h11,13,31H,3-10,12,14-30H2,1-2H3,(H2,36,37,38)/b13-11+/t31-/m1/s1. The van der Waals surface area contributed by atoms with Crippen molar-refractivity contribution in [2.45, 2.75) is 174 Å². The van der Waals surface area contributed by atoms with E-state index in [1.807, 2.05) is 0 Å². The lowest BCUT2D eigenvalue weighted by Gasteiger charge is -2.18. The first-order chi connectivity index (χ1) is 20.3. The van der Waals surface area contributed by atoms with E-state index in [1.54, 1.807) is 0 Å². The number of phosphoric acid groups is 1. The van der Waals surface area contributed by atoms with Crippen molar-refractivity contribution in [2.75, 3.05) is 13.2 Å². The molecule has 0 bridgehead atoms. The molecule has 0 fully saturated rings. The summed E-state index contributed by atoms with van der Waals surface area (Å²) in [7, 11) is -4.74.